The topological polar surface area (TPSA) is 26.0 Å². The number of benzene rings is 2. The van der Waals surface area contributed by atoms with Crippen LogP contribution in [0.15, 0.2) is 42.5 Å². The lowest BCUT2D eigenvalue weighted by Crippen LogP contribution is -2.04. The van der Waals surface area contributed by atoms with Gasteiger partial charge in [0, 0.05) is 6.04 Å². The van der Waals surface area contributed by atoms with E-state index in [1.807, 2.05) is 37.3 Å². The minimum Gasteiger partial charge on any atom is -0.324 e. The quantitative estimate of drug-likeness (QED) is 0.863. The smallest absolute Gasteiger partial charge is 0.126 e. The molecule has 0 heterocycles. The van der Waals surface area contributed by atoms with Crippen molar-refractivity contribution in [1.29, 1.82) is 0 Å². The van der Waals surface area contributed by atoms with E-state index in [0.717, 1.165) is 16.7 Å². The Labute approximate surface area is 113 Å². The Kier molecular flexibility index (Phi) is 4.88. The van der Waals surface area contributed by atoms with Crippen LogP contribution >= 0.6 is 12.4 Å². The lowest BCUT2D eigenvalue weighted by atomic mass is 10.0. The van der Waals surface area contributed by atoms with Gasteiger partial charge in [0.2, 0.25) is 0 Å². The van der Waals surface area contributed by atoms with Crippen LogP contribution in [-0.4, -0.2) is 0 Å². The van der Waals surface area contributed by atoms with E-state index < -0.39 is 0 Å². The van der Waals surface area contributed by atoms with Gasteiger partial charge in [-0.3, -0.25) is 0 Å². The molecule has 1 nitrogen and oxygen atoms in total. The zero-order valence-electron chi connectivity index (χ0n) is 10.5. The van der Waals surface area contributed by atoms with Crippen LogP contribution in [0.4, 0.5) is 4.39 Å². The third-order valence-corrected chi connectivity index (χ3v) is 2.93. The second-order valence-corrected chi connectivity index (χ2v) is 4.37. The fraction of sp³-hybridized carbons (Fsp3) is 0.200. The van der Waals surface area contributed by atoms with Crippen LogP contribution in [0.25, 0.3) is 11.1 Å². The summed E-state index contributed by atoms with van der Waals surface area (Å²) >= 11 is 0. The summed E-state index contributed by atoms with van der Waals surface area (Å²) in [7, 11) is 0. The molecule has 2 aromatic rings. The summed E-state index contributed by atoms with van der Waals surface area (Å²) in [6, 6.07) is 13.3. The van der Waals surface area contributed by atoms with Gasteiger partial charge in [-0.25, -0.2) is 4.39 Å². The summed E-state index contributed by atoms with van der Waals surface area (Å²) in [6.07, 6.45) is 0. The highest BCUT2D eigenvalue weighted by Gasteiger charge is 2.03. The second kappa shape index (κ2) is 5.98. The van der Waals surface area contributed by atoms with E-state index in [1.165, 1.54) is 6.07 Å². The first-order chi connectivity index (χ1) is 8.08. The van der Waals surface area contributed by atoms with E-state index >= 15 is 0 Å². The minimum absolute atomic E-state index is 0. The normalized spacial score (nSPS) is 11.8. The van der Waals surface area contributed by atoms with Crippen molar-refractivity contribution in [3.05, 3.63) is 59.4 Å². The maximum absolute atomic E-state index is 13.2. The molecule has 2 aromatic carbocycles. The molecule has 96 valence electrons. The van der Waals surface area contributed by atoms with E-state index in [0.29, 0.717) is 5.56 Å². The average molecular weight is 266 g/mol. The molecule has 1 atom stereocenters. The molecular weight excluding hydrogens is 249 g/mol. The molecule has 0 aromatic heterocycles. The molecule has 0 saturated carbocycles. The van der Waals surface area contributed by atoms with Crippen molar-refractivity contribution in [2.45, 2.75) is 19.9 Å². The molecule has 0 spiro atoms. The molecule has 0 aliphatic heterocycles. The largest absolute Gasteiger partial charge is 0.324 e. The summed E-state index contributed by atoms with van der Waals surface area (Å²) in [5, 5.41) is 0. The fourth-order valence-corrected chi connectivity index (χ4v) is 1.80. The summed E-state index contributed by atoms with van der Waals surface area (Å²) in [5.74, 6) is -0.166. The van der Waals surface area contributed by atoms with Crippen molar-refractivity contribution in [3.63, 3.8) is 0 Å². The van der Waals surface area contributed by atoms with Crippen molar-refractivity contribution in [1.82, 2.24) is 0 Å². The highest BCUT2D eigenvalue weighted by atomic mass is 35.5. The van der Waals surface area contributed by atoms with Gasteiger partial charge in [-0.2, -0.15) is 0 Å². The third kappa shape index (κ3) is 3.09. The van der Waals surface area contributed by atoms with Gasteiger partial charge in [0.1, 0.15) is 5.82 Å². The van der Waals surface area contributed by atoms with Gasteiger partial charge in [0.05, 0.1) is 0 Å². The Morgan fingerprint density at radius 1 is 1.00 bits per heavy atom. The Hall–Kier alpha value is -1.38. The van der Waals surface area contributed by atoms with Crippen molar-refractivity contribution in [2.24, 2.45) is 5.73 Å². The highest BCUT2D eigenvalue weighted by molar-refractivity contribution is 5.85. The predicted octanol–water partition coefficient (Wildman–Crippen LogP) is 4.24. The van der Waals surface area contributed by atoms with Gasteiger partial charge >= 0.3 is 0 Å². The summed E-state index contributed by atoms with van der Waals surface area (Å²) in [6.45, 7) is 3.73. The number of halogens is 2. The third-order valence-electron chi connectivity index (χ3n) is 2.93. The second-order valence-electron chi connectivity index (χ2n) is 4.37. The molecule has 0 aliphatic carbocycles. The zero-order valence-corrected chi connectivity index (χ0v) is 11.3. The van der Waals surface area contributed by atoms with Crippen LogP contribution in [0.2, 0.25) is 0 Å². The lowest BCUT2D eigenvalue weighted by Gasteiger charge is -2.08. The number of hydrogen-bond donors (Lipinski definition) is 1. The zero-order chi connectivity index (χ0) is 12.4. The van der Waals surface area contributed by atoms with E-state index in [4.69, 9.17) is 5.73 Å². The number of aryl methyl sites for hydroxylation is 1. The van der Waals surface area contributed by atoms with Crippen molar-refractivity contribution >= 4 is 12.4 Å². The monoisotopic (exact) mass is 265 g/mol. The van der Waals surface area contributed by atoms with Crippen LogP contribution < -0.4 is 5.73 Å². The first-order valence-corrected chi connectivity index (χ1v) is 5.70. The molecular formula is C15H17ClFN. The van der Waals surface area contributed by atoms with E-state index in [9.17, 15) is 4.39 Å². The number of rotatable bonds is 2. The van der Waals surface area contributed by atoms with Crippen molar-refractivity contribution < 1.29 is 4.39 Å². The van der Waals surface area contributed by atoms with Crippen LogP contribution in [0.1, 0.15) is 24.1 Å². The molecule has 2 N–H and O–H groups in total. The fourth-order valence-electron chi connectivity index (χ4n) is 1.80. The Morgan fingerprint density at radius 2 is 1.56 bits per heavy atom. The molecule has 3 heteroatoms. The summed E-state index contributed by atoms with van der Waals surface area (Å²) < 4.78 is 13.2. The van der Waals surface area contributed by atoms with Gasteiger partial charge in [-0.15, -0.1) is 12.4 Å². The lowest BCUT2D eigenvalue weighted by molar-refractivity contribution is 0.619. The van der Waals surface area contributed by atoms with Crippen molar-refractivity contribution in [2.75, 3.05) is 0 Å². The minimum atomic E-state index is -0.166. The molecule has 2 rings (SSSR count). The Morgan fingerprint density at radius 3 is 2.06 bits per heavy atom. The van der Waals surface area contributed by atoms with Gasteiger partial charge in [-0.1, -0.05) is 30.3 Å². The van der Waals surface area contributed by atoms with Gasteiger partial charge in [0.15, 0.2) is 0 Å². The molecule has 0 radical (unpaired) electrons. The molecule has 0 bridgehead atoms. The van der Waals surface area contributed by atoms with Crippen LogP contribution in [0, 0.1) is 12.7 Å². The maximum atomic E-state index is 13.2. The molecule has 0 saturated heterocycles. The Bertz CT molecular complexity index is 521. The van der Waals surface area contributed by atoms with E-state index in [1.54, 1.807) is 13.0 Å². The van der Waals surface area contributed by atoms with Gasteiger partial charge in [0.25, 0.3) is 0 Å². The first kappa shape index (κ1) is 14.7. The first-order valence-electron chi connectivity index (χ1n) is 5.70. The van der Waals surface area contributed by atoms with Crippen LogP contribution in [-0.2, 0) is 0 Å². The number of hydrogen-bond acceptors (Lipinski definition) is 1. The summed E-state index contributed by atoms with van der Waals surface area (Å²) in [4.78, 5) is 0. The molecule has 0 unspecified atom stereocenters. The van der Waals surface area contributed by atoms with E-state index in [-0.39, 0.29) is 24.3 Å². The molecule has 0 fully saturated rings. The van der Waals surface area contributed by atoms with Crippen LogP contribution in [0.3, 0.4) is 0 Å². The van der Waals surface area contributed by atoms with Gasteiger partial charge in [-0.05, 0) is 48.2 Å². The SMILES string of the molecule is Cc1cc(-c2ccc([C@H](C)N)cc2)ccc1F.Cl. The molecule has 18 heavy (non-hydrogen) atoms. The summed E-state index contributed by atoms with van der Waals surface area (Å²) in [5.41, 5.74) is 9.68. The Balaban J connectivity index is 0.00000162. The molecule has 0 aliphatic rings. The highest BCUT2D eigenvalue weighted by Crippen LogP contribution is 2.23. The average Bonchev–Trinajstić information content (AvgIpc) is 2.33. The van der Waals surface area contributed by atoms with Crippen LogP contribution in [0.5, 0.6) is 0 Å². The molecule has 0 amide bonds. The standard InChI is InChI=1S/C15H16FN.ClH/c1-10-9-14(7-8-15(10)16)13-5-3-12(4-6-13)11(2)17;/h3-9,11H,17H2,1-2H3;1H/t11-;/m0./s1. The van der Waals surface area contributed by atoms with E-state index in [2.05, 4.69) is 0 Å². The predicted molar refractivity (Wildman–Crippen MR) is 76.4 cm³/mol. The maximum Gasteiger partial charge on any atom is 0.126 e. The number of nitrogens with two attached hydrogens (primary N) is 1. The van der Waals surface area contributed by atoms with Crippen molar-refractivity contribution in [3.8, 4) is 11.1 Å². The van der Waals surface area contributed by atoms with Gasteiger partial charge < -0.3 is 5.73 Å².